The van der Waals surface area contributed by atoms with Crippen LogP contribution in [0.3, 0.4) is 0 Å². The van der Waals surface area contributed by atoms with E-state index in [-0.39, 0.29) is 17.9 Å². The number of piperidine rings is 1. The fourth-order valence-electron chi connectivity index (χ4n) is 4.59. The zero-order chi connectivity index (χ0) is 25.2. The number of nitrogens with one attached hydrogen (secondary N) is 1. The summed E-state index contributed by atoms with van der Waals surface area (Å²) in [6.07, 6.45) is -1.74. The fraction of sp³-hybridized carbons (Fsp3) is 0.370. The number of carbonyl (C=O) groups is 1. The summed E-state index contributed by atoms with van der Waals surface area (Å²) in [5, 5.41) is 3.14. The molecule has 0 radical (unpaired) electrons. The average molecular weight is 483 g/mol. The first-order valence-electron chi connectivity index (χ1n) is 11.8. The molecule has 1 saturated heterocycles. The molecule has 1 fully saturated rings. The van der Waals surface area contributed by atoms with Crippen LogP contribution >= 0.6 is 0 Å². The number of alkyl halides is 3. The highest BCUT2D eigenvalue weighted by Gasteiger charge is 2.34. The van der Waals surface area contributed by atoms with Gasteiger partial charge in [0.15, 0.2) is 0 Å². The van der Waals surface area contributed by atoms with Crippen LogP contribution in [0.4, 0.5) is 19.0 Å². The predicted octanol–water partition coefficient (Wildman–Crippen LogP) is 6.13. The van der Waals surface area contributed by atoms with E-state index in [0.29, 0.717) is 24.5 Å². The maximum atomic E-state index is 13.9. The van der Waals surface area contributed by atoms with Gasteiger partial charge < -0.3 is 10.2 Å². The van der Waals surface area contributed by atoms with E-state index < -0.39 is 11.7 Å². The standard InChI is InChI=1S/C27H29F3N4O/c1-17-9-11-21(23-8-4-7-19(3)33-23)22(14-17)26(35)34-13-5-6-18(2)24(34)16-32-25-12-10-20(15-31-25)27(28,29)30/h4,7-12,14-15,18,24H,5-6,13,16H2,1-3H3,(H,31,32)/t18-,24-/m1/s1. The van der Waals surface area contributed by atoms with Crippen LogP contribution in [0.25, 0.3) is 11.3 Å². The van der Waals surface area contributed by atoms with Crippen LogP contribution in [-0.2, 0) is 6.18 Å². The summed E-state index contributed by atoms with van der Waals surface area (Å²) in [5.74, 6) is 0.508. The third kappa shape index (κ3) is 5.63. The molecule has 0 saturated carbocycles. The number of benzene rings is 1. The Balaban J connectivity index is 1.58. The van der Waals surface area contributed by atoms with Crippen molar-refractivity contribution in [3.63, 3.8) is 0 Å². The molecule has 1 amide bonds. The number of halogens is 3. The lowest BCUT2D eigenvalue weighted by Crippen LogP contribution is -2.51. The second-order valence-electron chi connectivity index (χ2n) is 9.21. The Morgan fingerprint density at radius 1 is 1.14 bits per heavy atom. The molecule has 1 aliphatic heterocycles. The second kappa shape index (κ2) is 10.1. The van der Waals surface area contributed by atoms with Gasteiger partial charge in [0.25, 0.3) is 5.91 Å². The fourth-order valence-corrected chi connectivity index (χ4v) is 4.59. The smallest absolute Gasteiger partial charge is 0.368 e. The molecule has 4 rings (SSSR count). The summed E-state index contributed by atoms with van der Waals surface area (Å²) in [5.41, 5.74) is 3.22. The van der Waals surface area contributed by atoms with Gasteiger partial charge in [-0.1, -0.05) is 30.7 Å². The van der Waals surface area contributed by atoms with Crippen molar-refractivity contribution in [2.75, 3.05) is 18.4 Å². The first-order valence-corrected chi connectivity index (χ1v) is 11.8. The summed E-state index contributed by atoms with van der Waals surface area (Å²) >= 11 is 0. The van der Waals surface area contributed by atoms with Crippen molar-refractivity contribution in [3.05, 3.63) is 77.1 Å². The SMILES string of the molecule is Cc1ccc(-c2cccc(C)n2)c(C(=O)N2CCC[C@@H](C)[C@H]2CNc2ccc(C(F)(F)F)cn2)c1. The van der Waals surface area contributed by atoms with Crippen LogP contribution in [0, 0.1) is 19.8 Å². The van der Waals surface area contributed by atoms with Gasteiger partial charge in [0, 0.05) is 36.1 Å². The summed E-state index contributed by atoms with van der Waals surface area (Å²) in [4.78, 5) is 24.3. The predicted molar refractivity (Wildman–Crippen MR) is 130 cm³/mol. The molecule has 3 aromatic rings. The molecular weight excluding hydrogens is 453 g/mol. The molecule has 5 nitrogen and oxygen atoms in total. The molecule has 0 spiro atoms. The number of aryl methyl sites for hydroxylation is 2. The van der Waals surface area contributed by atoms with E-state index in [1.807, 2.05) is 55.1 Å². The van der Waals surface area contributed by atoms with Crippen molar-refractivity contribution in [1.29, 1.82) is 0 Å². The van der Waals surface area contributed by atoms with E-state index in [9.17, 15) is 18.0 Å². The largest absolute Gasteiger partial charge is 0.417 e. The molecule has 2 atom stereocenters. The van der Waals surface area contributed by atoms with Crippen molar-refractivity contribution < 1.29 is 18.0 Å². The minimum Gasteiger partial charge on any atom is -0.368 e. The van der Waals surface area contributed by atoms with Crippen LogP contribution < -0.4 is 5.32 Å². The van der Waals surface area contributed by atoms with Crippen molar-refractivity contribution >= 4 is 11.7 Å². The number of hydrogen-bond acceptors (Lipinski definition) is 4. The van der Waals surface area contributed by atoms with Crippen LogP contribution in [0.5, 0.6) is 0 Å². The van der Waals surface area contributed by atoms with E-state index in [4.69, 9.17) is 0 Å². The molecule has 35 heavy (non-hydrogen) atoms. The highest BCUT2D eigenvalue weighted by molar-refractivity contribution is 6.01. The Morgan fingerprint density at radius 2 is 1.94 bits per heavy atom. The van der Waals surface area contributed by atoms with Crippen LogP contribution in [-0.4, -0.2) is 39.9 Å². The van der Waals surface area contributed by atoms with Crippen molar-refractivity contribution in [1.82, 2.24) is 14.9 Å². The summed E-state index contributed by atoms with van der Waals surface area (Å²) in [6, 6.07) is 13.8. The molecular formula is C27H29F3N4O. The van der Waals surface area contributed by atoms with Crippen molar-refractivity contribution in [2.24, 2.45) is 5.92 Å². The lowest BCUT2D eigenvalue weighted by atomic mass is 9.89. The van der Waals surface area contributed by atoms with Crippen molar-refractivity contribution in [2.45, 2.75) is 45.8 Å². The van der Waals surface area contributed by atoms with E-state index in [0.717, 1.165) is 47.6 Å². The zero-order valence-corrected chi connectivity index (χ0v) is 20.1. The van der Waals surface area contributed by atoms with Crippen LogP contribution in [0.15, 0.2) is 54.7 Å². The van der Waals surface area contributed by atoms with E-state index in [1.165, 1.54) is 6.07 Å². The van der Waals surface area contributed by atoms with Gasteiger partial charge in [-0.15, -0.1) is 0 Å². The molecule has 0 aliphatic carbocycles. The Bertz CT molecular complexity index is 1190. The Hall–Kier alpha value is -3.42. The monoisotopic (exact) mass is 482 g/mol. The topological polar surface area (TPSA) is 58.1 Å². The van der Waals surface area contributed by atoms with E-state index >= 15 is 0 Å². The number of likely N-dealkylation sites (tertiary alicyclic amines) is 1. The van der Waals surface area contributed by atoms with Gasteiger partial charge in [-0.3, -0.25) is 9.78 Å². The third-order valence-electron chi connectivity index (χ3n) is 6.53. The van der Waals surface area contributed by atoms with Gasteiger partial charge in [-0.2, -0.15) is 13.2 Å². The van der Waals surface area contributed by atoms with Crippen molar-refractivity contribution in [3.8, 4) is 11.3 Å². The molecule has 2 aromatic heterocycles. The Labute approximate surface area is 203 Å². The summed E-state index contributed by atoms with van der Waals surface area (Å²) in [6.45, 7) is 6.99. The summed E-state index contributed by atoms with van der Waals surface area (Å²) < 4.78 is 38.5. The number of pyridine rings is 2. The number of amides is 1. The quantitative estimate of drug-likeness (QED) is 0.475. The molecule has 184 valence electrons. The van der Waals surface area contributed by atoms with Gasteiger partial charge in [-0.25, -0.2) is 4.98 Å². The normalized spacial score (nSPS) is 18.4. The number of hydrogen-bond donors (Lipinski definition) is 1. The van der Waals surface area contributed by atoms with E-state index in [2.05, 4.69) is 22.2 Å². The first-order chi connectivity index (χ1) is 16.6. The van der Waals surface area contributed by atoms with Crippen LogP contribution in [0.1, 0.15) is 46.9 Å². The molecule has 1 aliphatic rings. The first kappa shape index (κ1) is 24.7. The minimum atomic E-state index is -4.43. The zero-order valence-electron chi connectivity index (χ0n) is 20.1. The number of rotatable bonds is 5. The van der Waals surface area contributed by atoms with Gasteiger partial charge >= 0.3 is 6.18 Å². The second-order valence-corrected chi connectivity index (χ2v) is 9.21. The number of anilines is 1. The Morgan fingerprint density at radius 3 is 2.63 bits per heavy atom. The molecule has 1 N–H and O–H groups in total. The van der Waals surface area contributed by atoms with E-state index in [1.54, 1.807) is 0 Å². The molecule has 0 unspecified atom stereocenters. The van der Waals surface area contributed by atoms with Gasteiger partial charge in [0.2, 0.25) is 0 Å². The molecule has 1 aromatic carbocycles. The van der Waals surface area contributed by atoms with Gasteiger partial charge in [-0.05, 0) is 62.9 Å². The average Bonchev–Trinajstić information content (AvgIpc) is 2.82. The molecule has 8 heteroatoms. The maximum absolute atomic E-state index is 13.9. The van der Waals surface area contributed by atoms with Gasteiger partial charge in [0.1, 0.15) is 5.82 Å². The Kier molecular flexibility index (Phi) is 7.10. The van der Waals surface area contributed by atoms with Gasteiger partial charge in [0.05, 0.1) is 17.3 Å². The highest BCUT2D eigenvalue weighted by Crippen LogP contribution is 2.31. The maximum Gasteiger partial charge on any atom is 0.417 e. The minimum absolute atomic E-state index is 0.0641. The molecule has 0 bridgehead atoms. The van der Waals surface area contributed by atoms with Crippen LogP contribution in [0.2, 0.25) is 0 Å². The number of carbonyl (C=O) groups excluding carboxylic acids is 1. The highest BCUT2D eigenvalue weighted by atomic mass is 19.4. The molecule has 3 heterocycles. The third-order valence-corrected chi connectivity index (χ3v) is 6.53. The number of nitrogens with zero attached hydrogens (tertiary/aromatic N) is 3. The lowest BCUT2D eigenvalue weighted by molar-refractivity contribution is -0.137. The lowest BCUT2D eigenvalue weighted by Gasteiger charge is -2.40. The summed E-state index contributed by atoms with van der Waals surface area (Å²) in [7, 11) is 0. The number of aromatic nitrogens is 2.